The van der Waals surface area contributed by atoms with E-state index in [-0.39, 0.29) is 23.6 Å². The summed E-state index contributed by atoms with van der Waals surface area (Å²) in [6.45, 7) is 6.53. The molecule has 1 saturated heterocycles. The third-order valence-electron chi connectivity index (χ3n) is 6.63. The first-order chi connectivity index (χ1) is 16.4. The quantitative estimate of drug-likeness (QED) is 0.606. The molecule has 0 bridgehead atoms. The van der Waals surface area contributed by atoms with Gasteiger partial charge in [0.25, 0.3) is 11.8 Å². The number of piperidine rings is 1. The number of imide groups is 1. The molecule has 2 heterocycles. The fourth-order valence-corrected chi connectivity index (χ4v) is 4.68. The third-order valence-corrected chi connectivity index (χ3v) is 6.63. The highest BCUT2D eigenvalue weighted by Gasteiger charge is 2.38. The zero-order valence-electron chi connectivity index (χ0n) is 20.2. The second-order valence-corrected chi connectivity index (χ2v) is 9.46. The van der Waals surface area contributed by atoms with E-state index in [0.717, 1.165) is 29.8 Å². The van der Waals surface area contributed by atoms with Gasteiger partial charge in [-0.05, 0) is 55.0 Å². The van der Waals surface area contributed by atoms with Crippen LogP contribution in [0.3, 0.4) is 0 Å². The van der Waals surface area contributed by atoms with Crippen LogP contribution in [0.4, 0.5) is 5.69 Å². The van der Waals surface area contributed by atoms with Crippen molar-refractivity contribution in [3.63, 3.8) is 0 Å². The Morgan fingerprint density at radius 1 is 1.09 bits per heavy atom. The molecular weight excluding hydrogens is 430 g/mol. The zero-order valence-corrected chi connectivity index (χ0v) is 20.2. The standard InChI is InChI=1S/C27H33N3O4/c1-18(2)17-28-25(31)20-11-13-29(14-12-20)23-9-5-8-22-24(23)27(33)30(26(22)32)15-10-19-6-4-7-21(16-19)34-3/h4-9,16,18,20H,10-15,17H2,1-3H3,(H,28,31). The lowest BCUT2D eigenvalue weighted by atomic mass is 9.94. The van der Waals surface area contributed by atoms with Crippen LogP contribution in [0.1, 0.15) is 53.0 Å². The zero-order chi connectivity index (χ0) is 24.2. The first-order valence-corrected chi connectivity index (χ1v) is 12.0. The van der Waals surface area contributed by atoms with E-state index in [9.17, 15) is 14.4 Å². The van der Waals surface area contributed by atoms with Crippen molar-refractivity contribution in [2.24, 2.45) is 11.8 Å². The Morgan fingerprint density at radius 3 is 2.53 bits per heavy atom. The Balaban J connectivity index is 1.43. The second kappa shape index (κ2) is 10.3. The van der Waals surface area contributed by atoms with Crippen LogP contribution in [0.15, 0.2) is 42.5 Å². The van der Waals surface area contributed by atoms with E-state index in [4.69, 9.17) is 4.74 Å². The van der Waals surface area contributed by atoms with Crippen LogP contribution in [0.5, 0.6) is 5.75 Å². The molecule has 180 valence electrons. The lowest BCUT2D eigenvalue weighted by Gasteiger charge is -2.34. The van der Waals surface area contributed by atoms with Gasteiger partial charge in [-0.15, -0.1) is 0 Å². The first-order valence-electron chi connectivity index (χ1n) is 12.0. The average molecular weight is 464 g/mol. The number of nitrogens with one attached hydrogen (secondary N) is 1. The Labute approximate surface area is 201 Å². The summed E-state index contributed by atoms with van der Waals surface area (Å²) in [7, 11) is 1.62. The van der Waals surface area contributed by atoms with Crippen LogP contribution in [0, 0.1) is 11.8 Å². The lowest BCUT2D eigenvalue weighted by Crippen LogP contribution is -2.42. The van der Waals surface area contributed by atoms with Gasteiger partial charge in [0.05, 0.1) is 23.9 Å². The summed E-state index contributed by atoms with van der Waals surface area (Å²) in [6.07, 6.45) is 2.03. The fraction of sp³-hybridized carbons (Fsp3) is 0.444. The number of hydrogen-bond donors (Lipinski definition) is 1. The molecule has 1 fully saturated rings. The van der Waals surface area contributed by atoms with Crippen molar-refractivity contribution in [1.82, 2.24) is 10.2 Å². The van der Waals surface area contributed by atoms with Gasteiger partial charge in [0, 0.05) is 32.1 Å². The van der Waals surface area contributed by atoms with E-state index >= 15 is 0 Å². The highest BCUT2D eigenvalue weighted by molar-refractivity contribution is 6.23. The Kier molecular flexibility index (Phi) is 7.20. The number of carbonyl (C=O) groups excluding carboxylic acids is 3. The van der Waals surface area contributed by atoms with Gasteiger partial charge in [-0.2, -0.15) is 0 Å². The highest BCUT2D eigenvalue weighted by atomic mass is 16.5. The highest BCUT2D eigenvalue weighted by Crippen LogP contribution is 2.34. The van der Waals surface area contributed by atoms with E-state index < -0.39 is 0 Å². The molecule has 2 aliphatic rings. The summed E-state index contributed by atoms with van der Waals surface area (Å²) in [5, 5.41) is 3.03. The molecule has 3 amide bonds. The van der Waals surface area contributed by atoms with Crippen molar-refractivity contribution in [3.05, 3.63) is 59.2 Å². The van der Waals surface area contributed by atoms with Crippen LogP contribution >= 0.6 is 0 Å². The topological polar surface area (TPSA) is 79.0 Å². The molecule has 4 rings (SSSR count). The van der Waals surface area contributed by atoms with Crippen molar-refractivity contribution in [3.8, 4) is 5.75 Å². The summed E-state index contributed by atoms with van der Waals surface area (Å²) in [5.74, 6) is 0.794. The number of methoxy groups -OCH3 is 1. The van der Waals surface area contributed by atoms with Crippen LogP contribution in [0.25, 0.3) is 0 Å². The minimum absolute atomic E-state index is 0.0107. The Hall–Kier alpha value is -3.35. The Bertz CT molecular complexity index is 1070. The molecule has 0 spiro atoms. The van der Waals surface area contributed by atoms with Gasteiger partial charge < -0.3 is 15.0 Å². The van der Waals surface area contributed by atoms with Crippen LogP contribution in [-0.2, 0) is 11.2 Å². The molecule has 34 heavy (non-hydrogen) atoms. The second-order valence-electron chi connectivity index (χ2n) is 9.46. The molecule has 7 nitrogen and oxygen atoms in total. The fourth-order valence-electron chi connectivity index (χ4n) is 4.68. The average Bonchev–Trinajstić information content (AvgIpc) is 3.10. The largest absolute Gasteiger partial charge is 0.497 e. The van der Waals surface area contributed by atoms with Crippen molar-refractivity contribution >= 4 is 23.4 Å². The summed E-state index contributed by atoms with van der Waals surface area (Å²) in [4.78, 5) is 42.3. The number of ether oxygens (including phenoxy) is 1. The first kappa shape index (κ1) is 23.8. The van der Waals surface area contributed by atoms with Crippen molar-refractivity contribution in [1.29, 1.82) is 0 Å². The minimum atomic E-state index is -0.243. The summed E-state index contributed by atoms with van der Waals surface area (Å²) in [6, 6.07) is 13.1. The summed E-state index contributed by atoms with van der Waals surface area (Å²) in [5.41, 5.74) is 2.75. The molecule has 7 heteroatoms. The van der Waals surface area contributed by atoms with Crippen LogP contribution in [-0.4, -0.2) is 55.9 Å². The molecule has 0 aliphatic carbocycles. The van der Waals surface area contributed by atoms with E-state index in [1.807, 2.05) is 36.4 Å². The lowest BCUT2D eigenvalue weighted by molar-refractivity contribution is -0.125. The molecule has 0 atom stereocenters. The molecule has 2 aromatic carbocycles. The molecule has 0 saturated carbocycles. The molecule has 2 aromatic rings. The van der Waals surface area contributed by atoms with Gasteiger partial charge >= 0.3 is 0 Å². The normalized spacial score (nSPS) is 16.2. The SMILES string of the molecule is COc1cccc(CCN2C(=O)c3cccc(N4CCC(C(=O)NCC(C)C)CC4)c3C2=O)c1. The van der Waals surface area contributed by atoms with E-state index in [1.165, 1.54) is 4.90 Å². The number of amides is 3. The predicted octanol–water partition coefficient (Wildman–Crippen LogP) is 3.52. The third kappa shape index (κ3) is 4.93. The number of carbonyl (C=O) groups is 3. The van der Waals surface area contributed by atoms with Gasteiger partial charge in [-0.3, -0.25) is 19.3 Å². The van der Waals surface area contributed by atoms with Gasteiger partial charge in [0.1, 0.15) is 5.75 Å². The van der Waals surface area contributed by atoms with Gasteiger partial charge in [-0.25, -0.2) is 0 Å². The predicted molar refractivity (Wildman–Crippen MR) is 131 cm³/mol. The number of hydrogen-bond acceptors (Lipinski definition) is 5. The molecule has 0 aromatic heterocycles. The number of nitrogens with zero attached hydrogens (tertiary/aromatic N) is 2. The molecular formula is C27H33N3O4. The van der Waals surface area contributed by atoms with Crippen molar-refractivity contribution in [2.45, 2.75) is 33.1 Å². The molecule has 2 aliphatic heterocycles. The minimum Gasteiger partial charge on any atom is -0.497 e. The van der Waals surface area contributed by atoms with Crippen LogP contribution in [0.2, 0.25) is 0 Å². The Morgan fingerprint density at radius 2 is 1.82 bits per heavy atom. The number of benzene rings is 2. The summed E-state index contributed by atoms with van der Waals surface area (Å²) < 4.78 is 5.27. The van der Waals surface area contributed by atoms with E-state index in [0.29, 0.717) is 49.6 Å². The summed E-state index contributed by atoms with van der Waals surface area (Å²) >= 11 is 0. The smallest absolute Gasteiger partial charge is 0.263 e. The van der Waals surface area contributed by atoms with Crippen molar-refractivity contribution in [2.75, 3.05) is 38.2 Å². The maximum atomic E-state index is 13.3. The van der Waals surface area contributed by atoms with Crippen LogP contribution < -0.4 is 15.0 Å². The number of rotatable bonds is 8. The number of anilines is 1. The van der Waals surface area contributed by atoms with Gasteiger partial charge in [0.15, 0.2) is 0 Å². The maximum Gasteiger partial charge on any atom is 0.263 e. The van der Waals surface area contributed by atoms with E-state index in [1.54, 1.807) is 13.2 Å². The van der Waals surface area contributed by atoms with E-state index in [2.05, 4.69) is 24.1 Å². The van der Waals surface area contributed by atoms with Gasteiger partial charge in [0.2, 0.25) is 5.91 Å². The molecule has 1 N–H and O–H groups in total. The number of fused-ring (bicyclic) bond motifs is 1. The molecule has 0 unspecified atom stereocenters. The molecule has 0 radical (unpaired) electrons. The maximum absolute atomic E-state index is 13.3. The van der Waals surface area contributed by atoms with Crippen molar-refractivity contribution < 1.29 is 19.1 Å². The monoisotopic (exact) mass is 463 g/mol. The van der Waals surface area contributed by atoms with Gasteiger partial charge in [-0.1, -0.05) is 32.0 Å².